The molecule has 5 rings (SSSR count). The molecular weight excluding hydrogens is 426 g/mol. The lowest BCUT2D eigenvalue weighted by Gasteiger charge is -2.37. The van der Waals surface area contributed by atoms with Gasteiger partial charge in [-0.3, -0.25) is 14.5 Å². The second kappa shape index (κ2) is 8.91. The number of hydrogen-bond donors (Lipinski definition) is 3. The summed E-state index contributed by atoms with van der Waals surface area (Å²) in [5, 5.41) is 12.6. The Hall–Kier alpha value is -2.91. The number of benzene rings is 1. The topological polar surface area (TPSA) is 93.8 Å². The molecule has 2 aromatic rings. The standard InChI is InChI=1S/C23H27N5O3S/c29-21(27-9-7-15-3-1-2-4-19(15)27)6-5-18-12-24-22(30)20-11-17(13-28(18)20)26-23(31)25-16-8-10-32-14-16/h1-4,8,10,14,17-18,20H,5-7,9,11-13H2,(H,24,30)(H2,25,26,31)/t17-,18+,20-/m0/s1. The largest absolute Gasteiger partial charge is 0.353 e. The van der Waals surface area contributed by atoms with Crippen molar-refractivity contribution in [2.75, 3.05) is 29.9 Å². The highest BCUT2D eigenvalue weighted by Gasteiger charge is 2.44. The number of thiophene rings is 1. The maximum Gasteiger partial charge on any atom is 0.319 e. The van der Waals surface area contributed by atoms with Crippen LogP contribution in [0.1, 0.15) is 24.8 Å². The van der Waals surface area contributed by atoms with Crippen LogP contribution in [0.4, 0.5) is 16.2 Å². The molecule has 168 valence electrons. The number of fused-ring (bicyclic) bond motifs is 2. The zero-order chi connectivity index (χ0) is 22.1. The van der Waals surface area contributed by atoms with Crippen LogP contribution >= 0.6 is 11.3 Å². The van der Waals surface area contributed by atoms with E-state index in [1.54, 1.807) is 0 Å². The van der Waals surface area contributed by atoms with E-state index >= 15 is 0 Å². The van der Waals surface area contributed by atoms with Gasteiger partial charge in [0.1, 0.15) is 0 Å². The van der Waals surface area contributed by atoms with E-state index in [1.165, 1.54) is 16.9 Å². The first kappa shape index (κ1) is 21.0. The van der Waals surface area contributed by atoms with Gasteiger partial charge in [0, 0.05) is 49.2 Å². The lowest BCUT2D eigenvalue weighted by Crippen LogP contribution is -2.58. The SMILES string of the molecule is O=C(Nc1ccsc1)N[C@H]1C[C@H]2C(=O)NC[C@@H](CCC(=O)N3CCc4ccccc43)N2C1. The molecule has 8 nitrogen and oxygen atoms in total. The van der Waals surface area contributed by atoms with Crippen molar-refractivity contribution in [3.63, 3.8) is 0 Å². The number of nitrogens with one attached hydrogen (secondary N) is 3. The van der Waals surface area contributed by atoms with Gasteiger partial charge in [0.2, 0.25) is 11.8 Å². The summed E-state index contributed by atoms with van der Waals surface area (Å²) in [6.07, 6.45) is 2.60. The lowest BCUT2D eigenvalue weighted by atomic mass is 10.0. The third kappa shape index (κ3) is 4.22. The molecule has 0 unspecified atom stereocenters. The fourth-order valence-electron chi connectivity index (χ4n) is 5.06. The molecule has 4 heterocycles. The quantitative estimate of drug-likeness (QED) is 0.647. The van der Waals surface area contributed by atoms with Crippen LogP contribution in [0.25, 0.3) is 0 Å². The summed E-state index contributed by atoms with van der Waals surface area (Å²) in [6, 6.07) is 9.38. The molecule has 4 amide bonds. The minimum atomic E-state index is -0.261. The molecule has 3 N–H and O–H groups in total. The Morgan fingerprint density at radius 2 is 2.09 bits per heavy atom. The number of anilines is 2. The molecular formula is C23H27N5O3S. The highest BCUT2D eigenvalue weighted by atomic mass is 32.1. The number of nitrogens with zero attached hydrogens (tertiary/aromatic N) is 2. The third-order valence-corrected chi connectivity index (χ3v) is 7.30. The molecule has 0 bridgehead atoms. The van der Waals surface area contributed by atoms with Gasteiger partial charge in [-0.1, -0.05) is 18.2 Å². The van der Waals surface area contributed by atoms with Crippen molar-refractivity contribution in [1.29, 1.82) is 0 Å². The molecule has 2 saturated heterocycles. The summed E-state index contributed by atoms with van der Waals surface area (Å²) < 4.78 is 0. The van der Waals surface area contributed by atoms with Crippen LogP contribution in [-0.4, -0.2) is 60.5 Å². The average Bonchev–Trinajstić information content (AvgIpc) is 3.53. The maximum atomic E-state index is 12.9. The van der Waals surface area contributed by atoms with E-state index in [1.807, 2.05) is 39.9 Å². The van der Waals surface area contributed by atoms with Crippen LogP contribution in [0.3, 0.4) is 0 Å². The van der Waals surface area contributed by atoms with Crippen LogP contribution in [0.15, 0.2) is 41.1 Å². The number of carbonyl (C=O) groups excluding carboxylic acids is 3. The smallest absolute Gasteiger partial charge is 0.319 e. The van der Waals surface area contributed by atoms with Crippen molar-refractivity contribution in [3.8, 4) is 0 Å². The van der Waals surface area contributed by atoms with Gasteiger partial charge in [0.15, 0.2) is 0 Å². The maximum absolute atomic E-state index is 12.9. The molecule has 32 heavy (non-hydrogen) atoms. The molecule has 3 aliphatic heterocycles. The van der Waals surface area contributed by atoms with Crippen molar-refractivity contribution in [2.45, 2.75) is 43.8 Å². The molecule has 2 fully saturated rings. The molecule has 9 heteroatoms. The van der Waals surface area contributed by atoms with E-state index in [9.17, 15) is 14.4 Å². The van der Waals surface area contributed by atoms with E-state index in [-0.39, 0.29) is 36.0 Å². The normalized spacial score (nSPS) is 24.6. The molecule has 1 aromatic heterocycles. The Balaban J connectivity index is 1.17. The van der Waals surface area contributed by atoms with Crippen LogP contribution in [0.2, 0.25) is 0 Å². The lowest BCUT2D eigenvalue weighted by molar-refractivity contribution is -0.129. The Labute approximate surface area is 191 Å². The Kier molecular flexibility index (Phi) is 5.84. The molecule has 3 atom stereocenters. The summed E-state index contributed by atoms with van der Waals surface area (Å²) in [6.45, 7) is 1.88. The summed E-state index contributed by atoms with van der Waals surface area (Å²) in [4.78, 5) is 41.7. The van der Waals surface area contributed by atoms with Gasteiger partial charge in [0.25, 0.3) is 0 Å². The van der Waals surface area contributed by atoms with Crippen LogP contribution < -0.4 is 20.9 Å². The predicted octanol–water partition coefficient (Wildman–Crippen LogP) is 2.18. The van der Waals surface area contributed by atoms with E-state index in [2.05, 4.69) is 26.9 Å². The van der Waals surface area contributed by atoms with Crippen molar-refractivity contribution in [3.05, 3.63) is 46.7 Å². The fraction of sp³-hybridized carbons (Fsp3) is 0.435. The molecule has 0 radical (unpaired) electrons. The number of para-hydroxylation sites is 1. The number of rotatable bonds is 5. The van der Waals surface area contributed by atoms with Crippen LogP contribution in [-0.2, 0) is 16.0 Å². The fourth-order valence-corrected chi connectivity index (χ4v) is 5.65. The third-order valence-electron chi connectivity index (χ3n) is 6.62. The number of urea groups is 1. The Morgan fingerprint density at radius 3 is 2.94 bits per heavy atom. The predicted molar refractivity (Wildman–Crippen MR) is 124 cm³/mol. The number of carbonyl (C=O) groups is 3. The highest BCUT2D eigenvalue weighted by molar-refractivity contribution is 7.08. The average molecular weight is 454 g/mol. The second-order valence-corrected chi connectivity index (χ2v) is 9.40. The summed E-state index contributed by atoms with van der Waals surface area (Å²) in [7, 11) is 0. The van der Waals surface area contributed by atoms with E-state index < -0.39 is 0 Å². The minimum Gasteiger partial charge on any atom is -0.353 e. The van der Waals surface area contributed by atoms with Crippen LogP contribution in [0, 0.1) is 0 Å². The number of piperazine rings is 1. The Bertz CT molecular complexity index is 1010. The van der Waals surface area contributed by atoms with E-state index in [0.29, 0.717) is 32.4 Å². The number of amides is 4. The molecule has 3 aliphatic rings. The summed E-state index contributed by atoms with van der Waals surface area (Å²) >= 11 is 1.52. The molecule has 0 spiro atoms. The van der Waals surface area contributed by atoms with Gasteiger partial charge in [0.05, 0.1) is 11.7 Å². The van der Waals surface area contributed by atoms with Gasteiger partial charge < -0.3 is 20.9 Å². The van der Waals surface area contributed by atoms with Crippen molar-refractivity contribution >= 4 is 40.6 Å². The zero-order valence-corrected chi connectivity index (χ0v) is 18.6. The van der Waals surface area contributed by atoms with Crippen molar-refractivity contribution < 1.29 is 14.4 Å². The van der Waals surface area contributed by atoms with Gasteiger partial charge in [-0.25, -0.2) is 4.79 Å². The van der Waals surface area contributed by atoms with Gasteiger partial charge in [-0.05, 0) is 42.3 Å². The molecule has 0 saturated carbocycles. The van der Waals surface area contributed by atoms with Crippen molar-refractivity contribution in [1.82, 2.24) is 15.5 Å². The monoisotopic (exact) mass is 453 g/mol. The first-order chi connectivity index (χ1) is 15.6. The summed E-state index contributed by atoms with van der Waals surface area (Å²) in [5.41, 5.74) is 3.01. The van der Waals surface area contributed by atoms with E-state index in [4.69, 9.17) is 0 Å². The minimum absolute atomic E-state index is 0.00332. The Morgan fingerprint density at radius 1 is 1.22 bits per heavy atom. The molecule has 0 aliphatic carbocycles. The van der Waals surface area contributed by atoms with Crippen molar-refractivity contribution in [2.24, 2.45) is 0 Å². The second-order valence-electron chi connectivity index (χ2n) is 8.62. The highest BCUT2D eigenvalue weighted by Crippen LogP contribution is 2.30. The molecule has 1 aromatic carbocycles. The van der Waals surface area contributed by atoms with E-state index in [0.717, 1.165) is 24.3 Å². The summed E-state index contributed by atoms with van der Waals surface area (Å²) in [5.74, 6) is 0.135. The van der Waals surface area contributed by atoms with Gasteiger partial charge >= 0.3 is 6.03 Å². The zero-order valence-electron chi connectivity index (χ0n) is 17.8. The van der Waals surface area contributed by atoms with Gasteiger partial charge in [-0.2, -0.15) is 11.3 Å². The first-order valence-corrected chi connectivity index (χ1v) is 12.0. The van der Waals surface area contributed by atoms with Crippen LogP contribution in [0.5, 0.6) is 0 Å². The first-order valence-electron chi connectivity index (χ1n) is 11.1. The van der Waals surface area contributed by atoms with Gasteiger partial charge in [-0.15, -0.1) is 0 Å². The number of hydrogen-bond acceptors (Lipinski definition) is 5.